The van der Waals surface area contributed by atoms with Gasteiger partial charge in [0.15, 0.2) is 6.04 Å². The molecular formula is C25H33F3N2O2. The van der Waals surface area contributed by atoms with E-state index in [4.69, 9.17) is 4.74 Å². The number of halogens is 3. The van der Waals surface area contributed by atoms with Crippen LogP contribution in [0.5, 0.6) is 5.75 Å². The molecule has 3 rings (SSSR count). The number of carbonyl (C=O) groups is 1. The van der Waals surface area contributed by atoms with Crippen molar-refractivity contribution >= 4 is 16.7 Å². The van der Waals surface area contributed by atoms with Gasteiger partial charge in [-0.2, -0.15) is 18.2 Å². The number of fused-ring (bicyclic) bond motifs is 1. The minimum atomic E-state index is -4.60. The summed E-state index contributed by atoms with van der Waals surface area (Å²) in [7, 11) is 0. The van der Waals surface area contributed by atoms with Crippen LogP contribution in [-0.2, 0) is 4.79 Å². The second-order valence-corrected chi connectivity index (χ2v) is 9.16. The molecule has 2 aromatic carbocycles. The van der Waals surface area contributed by atoms with Crippen molar-refractivity contribution in [3.63, 3.8) is 0 Å². The molecule has 7 heteroatoms. The smallest absolute Gasteiger partial charge is 0.410 e. The van der Waals surface area contributed by atoms with Crippen molar-refractivity contribution in [3.8, 4) is 5.75 Å². The van der Waals surface area contributed by atoms with E-state index in [-0.39, 0.29) is 17.7 Å². The minimum absolute atomic E-state index is 0.00110. The summed E-state index contributed by atoms with van der Waals surface area (Å²) in [4.78, 5) is 12.0. The number of hydrogen-bond acceptors (Lipinski definition) is 3. The highest BCUT2D eigenvalue weighted by molar-refractivity contribution is 5.90. The Balaban J connectivity index is 1.94. The van der Waals surface area contributed by atoms with Crippen LogP contribution >= 0.6 is 0 Å². The number of unbranched alkanes of at least 4 members (excludes halogenated alkanes) is 5. The summed E-state index contributed by atoms with van der Waals surface area (Å²) in [6, 6.07) is 8.47. The number of nitrogens with one attached hydrogen (secondary N) is 1. The first kappa shape index (κ1) is 24.4. The first-order valence-electron chi connectivity index (χ1n) is 11.4. The number of hydrazine groups is 1. The summed E-state index contributed by atoms with van der Waals surface area (Å²) in [5.74, 6) is -0.171. The number of amides is 1. The summed E-state index contributed by atoms with van der Waals surface area (Å²) < 4.78 is 49.3. The van der Waals surface area contributed by atoms with E-state index in [0.717, 1.165) is 42.5 Å². The summed E-state index contributed by atoms with van der Waals surface area (Å²) in [5, 5.41) is 2.50. The highest BCUT2D eigenvalue weighted by Crippen LogP contribution is 2.47. The van der Waals surface area contributed by atoms with E-state index in [1.165, 1.54) is 12.5 Å². The SMILES string of the molecule is CCCCCCCCOc1c(C(N2NC(=O)CC2(C)C)C(F)(F)F)ccc2ccccc12. The number of rotatable bonds is 10. The normalized spacial score (nSPS) is 17.5. The number of hydrogen-bond donors (Lipinski definition) is 1. The third-order valence-corrected chi connectivity index (χ3v) is 6.01. The van der Waals surface area contributed by atoms with Gasteiger partial charge in [0.05, 0.1) is 6.61 Å². The lowest BCUT2D eigenvalue weighted by atomic mass is 9.94. The average Bonchev–Trinajstić information content (AvgIpc) is 2.98. The number of benzene rings is 2. The fraction of sp³-hybridized carbons (Fsp3) is 0.560. The quantitative estimate of drug-likeness (QED) is 0.410. The molecule has 1 atom stereocenters. The van der Waals surface area contributed by atoms with E-state index in [0.29, 0.717) is 12.0 Å². The Morgan fingerprint density at radius 2 is 1.75 bits per heavy atom. The molecule has 0 aromatic heterocycles. The highest BCUT2D eigenvalue weighted by atomic mass is 19.4. The second-order valence-electron chi connectivity index (χ2n) is 9.16. The van der Waals surface area contributed by atoms with E-state index < -0.39 is 23.7 Å². The summed E-state index contributed by atoms with van der Waals surface area (Å²) >= 11 is 0. The van der Waals surface area contributed by atoms with Crippen LogP contribution in [0.2, 0.25) is 0 Å². The molecule has 1 unspecified atom stereocenters. The van der Waals surface area contributed by atoms with Crippen molar-refractivity contribution in [2.24, 2.45) is 0 Å². The van der Waals surface area contributed by atoms with Crippen molar-refractivity contribution in [2.45, 2.75) is 83.5 Å². The van der Waals surface area contributed by atoms with Crippen LogP contribution in [0.1, 0.15) is 77.3 Å². The minimum Gasteiger partial charge on any atom is -0.493 e. The van der Waals surface area contributed by atoms with Gasteiger partial charge in [-0.3, -0.25) is 10.2 Å². The van der Waals surface area contributed by atoms with Crippen molar-refractivity contribution in [2.75, 3.05) is 6.61 Å². The molecule has 4 nitrogen and oxygen atoms in total. The van der Waals surface area contributed by atoms with Gasteiger partial charge < -0.3 is 4.74 Å². The average molecular weight is 451 g/mol. The maximum Gasteiger partial charge on any atom is 0.410 e. The van der Waals surface area contributed by atoms with Crippen LogP contribution in [0, 0.1) is 0 Å². The van der Waals surface area contributed by atoms with Gasteiger partial charge in [-0.15, -0.1) is 0 Å². The molecule has 1 fully saturated rings. The zero-order chi connectivity index (χ0) is 23.4. The van der Waals surface area contributed by atoms with Crippen LogP contribution in [0.4, 0.5) is 13.2 Å². The maximum atomic E-state index is 14.4. The number of alkyl halides is 3. The van der Waals surface area contributed by atoms with Crippen molar-refractivity contribution in [3.05, 3.63) is 42.0 Å². The molecule has 0 spiro atoms. The Kier molecular flexibility index (Phi) is 7.70. The van der Waals surface area contributed by atoms with Crippen molar-refractivity contribution < 1.29 is 22.7 Å². The van der Waals surface area contributed by atoms with Crippen molar-refractivity contribution in [1.29, 1.82) is 0 Å². The van der Waals surface area contributed by atoms with Crippen LogP contribution in [0.15, 0.2) is 36.4 Å². The van der Waals surface area contributed by atoms with Gasteiger partial charge in [0.2, 0.25) is 5.91 Å². The molecule has 1 aliphatic heterocycles. The van der Waals surface area contributed by atoms with Gasteiger partial charge in [-0.1, -0.05) is 75.4 Å². The van der Waals surface area contributed by atoms with Gasteiger partial charge in [-0.05, 0) is 25.7 Å². The van der Waals surface area contributed by atoms with E-state index in [9.17, 15) is 18.0 Å². The predicted octanol–water partition coefficient (Wildman–Crippen LogP) is 6.70. The van der Waals surface area contributed by atoms with Gasteiger partial charge in [0.25, 0.3) is 0 Å². The fourth-order valence-corrected chi connectivity index (χ4v) is 4.37. The molecule has 0 saturated carbocycles. The third kappa shape index (κ3) is 5.55. The Bertz CT molecular complexity index is 927. The van der Waals surface area contributed by atoms with E-state index in [2.05, 4.69) is 12.3 Å². The van der Waals surface area contributed by atoms with Crippen LogP contribution < -0.4 is 10.2 Å². The topological polar surface area (TPSA) is 41.6 Å². The van der Waals surface area contributed by atoms with Crippen LogP contribution in [-0.4, -0.2) is 29.2 Å². The molecule has 1 N–H and O–H groups in total. The Morgan fingerprint density at radius 1 is 1.06 bits per heavy atom. The van der Waals surface area contributed by atoms with E-state index in [1.807, 2.05) is 12.1 Å². The standard InChI is InChI=1S/C25H33F3N2O2/c1-4-5-6-7-8-11-16-32-22-19-13-10-9-12-18(19)14-15-20(22)23(25(26,27)28)30-24(2,3)17-21(31)29-30/h9-10,12-15,23H,4-8,11,16-17H2,1-3H3,(H,29,31). The summed E-state index contributed by atoms with van der Waals surface area (Å²) in [6.45, 7) is 5.79. The molecule has 0 radical (unpaired) electrons. The largest absolute Gasteiger partial charge is 0.493 e. The second kappa shape index (κ2) is 10.1. The third-order valence-electron chi connectivity index (χ3n) is 6.01. The lowest BCUT2D eigenvalue weighted by Gasteiger charge is -2.38. The van der Waals surface area contributed by atoms with Gasteiger partial charge in [-0.25, -0.2) is 0 Å². The number of ether oxygens (including phenoxy) is 1. The Hall–Kier alpha value is -2.28. The first-order valence-corrected chi connectivity index (χ1v) is 11.4. The molecule has 1 heterocycles. The number of carbonyl (C=O) groups excluding carboxylic acids is 1. The van der Waals surface area contributed by atoms with Gasteiger partial charge in [0, 0.05) is 22.9 Å². The zero-order valence-corrected chi connectivity index (χ0v) is 19.1. The highest BCUT2D eigenvalue weighted by Gasteiger charge is 2.54. The lowest BCUT2D eigenvalue weighted by Crippen LogP contribution is -2.51. The molecule has 0 aliphatic carbocycles. The summed E-state index contributed by atoms with van der Waals surface area (Å²) in [6.07, 6.45) is 1.79. The van der Waals surface area contributed by atoms with Gasteiger partial charge >= 0.3 is 6.18 Å². The maximum absolute atomic E-state index is 14.4. The molecule has 32 heavy (non-hydrogen) atoms. The molecule has 176 valence electrons. The molecule has 2 aromatic rings. The van der Waals surface area contributed by atoms with Crippen LogP contribution in [0.3, 0.4) is 0 Å². The monoisotopic (exact) mass is 450 g/mol. The number of nitrogens with zero attached hydrogens (tertiary/aromatic N) is 1. The van der Waals surface area contributed by atoms with E-state index in [1.54, 1.807) is 32.0 Å². The Morgan fingerprint density at radius 3 is 2.41 bits per heavy atom. The van der Waals surface area contributed by atoms with E-state index >= 15 is 0 Å². The molecule has 1 aliphatic rings. The first-order chi connectivity index (χ1) is 15.1. The molecule has 0 bridgehead atoms. The lowest BCUT2D eigenvalue weighted by molar-refractivity contribution is -0.204. The fourth-order valence-electron chi connectivity index (χ4n) is 4.37. The molecule has 1 saturated heterocycles. The molecule has 1 amide bonds. The molecular weight excluding hydrogens is 417 g/mol. The van der Waals surface area contributed by atoms with Gasteiger partial charge in [0.1, 0.15) is 5.75 Å². The summed E-state index contributed by atoms with van der Waals surface area (Å²) in [5.41, 5.74) is 1.48. The van der Waals surface area contributed by atoms with Crippen LogP contribution in [0.25, 0.3) is 10.8 Å². The van der Waals surface area contributed by atoms with Crippen molar-refractivity contribution in [1.82, 2.24) is 10.4 Å². The zero-order valence-electron chi connectivity index (χ0n) is 19.1. The predicted molar refractivity (Wildman–Crippen MR) is 120 cm³/mol. The Labute approximate surface area is 188 Å².